The van der Waals surface area contributed by atoms with Gasteiger partial charge < -0.3 is 9.52 Å². The van der Waals surface area contributed by atoms with Crippen molar-refractivity contribution in [1.29, 1.82) is 0 Å². The molecule has 0 spiro atoms. The summed E-state index contributed by atoms with van der Waals surface area (Å²) in [5.41, 5.74) is -0.879. The predicted molar refractivity (Wildman–Crippen MR) is 51.4 cm³/mol. The third-order valence-corrected chi connectivity index (χ3v) is 2.10. The van der Waals surface area contributed by atoms with Gasteiger partial charge in [-0.15, -0.1) is 0 Å². The smallest absolute Gasteiger partial charge is 0.170 e. The van der Waals surface area contributed by atoms with E-state index in [0.717, 1.165) is 0 Å². The van der Waals surface area contributed by atoms with Crippen molar-refractivity contribution in [3.05, 3.63) is 35.8 Å². The van der Waals surface area contributed by atoms with Gasteiger partial charge in [0.05, 0.1) is 0 Å². The second-order valence-electron chi connectivity index (χ2n) is 3.83. The first-order valence-corrected chi connectivity index (χ1v) is 4.39. The molecule has 1 aromatic heterocycles. The van der Waals surface area contributed by atoms with Crippen LogP contribution in [0.3, 0.4) is 0 Å². The quantitative estimate of drug-likeness (QED) is 0.757. The van der Waals surface area contributed by atoms with Gasteiger partial charge in [0.15, 0.2) is 11.4 Å². The molecule has 14 heavy (non-hydrogen) atoms. The second-order valence-corrected chi connectivity index (χ2v) is 3.83. The maximum atomic E-state index is 13.2. The predicted octanol–water partition coefficient (Wildman–Crippen LogP) is 2.80. The van der Waals surface area contributed by atoms with Crippen LogP contribution in [0.2, 0.25) is 0 Å². The topological polar surface area (TPSA) is 33.4 Å². The van der Waals surface area contributed by atoms with Gasteiger partial charge in [-0.05, 0) is 26.0 Å². The fraction of sp³-hybridized carbons (Fsp3) is 0.273. The molecule has 1 N–H and O–H groups in total. The van der Waals surface area contributed by atoms with Crippen LogP contribution in [0.15, 0.2) is 28.7 Å². The number of para-hydroxylation sites is 1. The lowest BCUT2D eigenvalue weighted by Crippen LogP contribution is -2.13. The molecule has 2 aromatic rings. The van der Waals surface area contributed by atoms with Crippen molar-refractivity contribution < 1.29 is 13.9 Å². The van der Waals surface area contributed by atoms with Gasteiger partial charge in [-0.1, -0.05) is 12.1 Å². The molecule has 2 nitrogen and oxygen atoms in total. The fourth-order valence-corrected chi connectivity index (χ4v) is 1.33. The molecule has 3 heteroatoms. The molecule has 1 heterocycles. The number of halogens is 1. The first-order chi connectivity index (χ1) is 6.48. The van der Waals surface area contributed by atoms with Crippen molar-refractivity contribution in [1.82, 2.24) is 0 Å². The Morgan fingerprint density at radius 2 is 2.07 bits per heavy atom. The minimum Gasteiger partial charge on any atom is -0.455 e. The van der Waals surface area contributed by atoms with Crippen molar-refractivity contribution in [2.24, 2.45) is 0 Å². The van der Waals surface area contributed by atoms with Gasteiger partial charge in [0.1, 0.15) is 11.4 Å². The second kappa shape index (κ2) is 2.82. The molecule has 0 unspecified atom stereocenters. The van der Waals surface area contributed by atoms with Crippen LogP contribution < -0.4 is 0 Å². The molecule has 1 aromatic carbocycles. The van der Waals surface area contributed by atoms with Crippen LogP contribution in [-0.4, -0.2) is 5.11 Å². The highest BCUT2D eigenvalue weighted by atomic mass is 19.1. The molecular formula is C11H11FO2. The molecule has 74 valence electrons. The Bertz CT molecular complexity index is 466. The van der Waals surface area contributed by atoms with E-state index >= 15 is 0 Å². The number of furan rings is 1. The summed E-state index contributed by atoms with van der Waals surface area (Å²) >= 11 is 0. The highest BCUT2D eigenvalue weighted by molar-refractivity contribution is 5.78. The minimum absolute atomic E-state index is 0.199. The molecule has 0 saturated carbocycles. The molecule has 0 atom stereocenters. The van der Waals surface area contributed by atoms with Crippen molar-refractivity contribution in [2.45, 2.75) is 19.4 Å². The monoisotopic (exact) mass is 194 g/mol. The molecule has 0 bridgehead atoms. The molecule has 2 rings (SSSR count). The highest BCUT2D eigenvalue weighted by Gasteiger charge is 2.21. The normalized spacial score (nSPS) is 12.3. The lowest BCUT2D eigenvalue weighted by Gasteiger charge is -2.12. The average Bonchev–Trinajstić information content (AvgIpc) is 2.48. The third kappa shape index (κ3) is 1.40. The molecule has 0 saturated heterocycles. The van der Waals surface area contributed by atoms with Crippen LogP contribution in [-0.2, 0) is 5.60 Å². The van der Waals surface area contributed by atoms with E-state index in [1.165, 1.54) is 6.07 Å². The molecule has 0 amide bonds. The van der Waals surface area contributed by atoms with E-state index in [2.05, 4.69) is 0 Å². The Hall–Kier alpha value is -1.35. The Morgan fingerprint density at radius 3 is 2.64 bits per heavy atom. The van der Waals surface area contributed by atoms with Gasteiger partial charge in [0.2, 0.25) is 0 Å². The third-order valence-electron chi connectivity index (χ3n) is 2.10. The van der Waals surface area contributed by atoms with E-state index in [-0.39, 0.29) is 5.58 Å². The Kier molecular flexibility index (Phi) is 1.86. The summed E-state index contributed by atoms with van der Waals surface area (Å²) in [4.78, 5) is 0. The number of rotatable bonds is 1. The standard InChI is InChI=1S/C11H11FO2/c1-11(2,13)9-6-7-4-3-5-8(12)10(7)14-9/h3-6,13H,1-2H3. The molecule has 0 fully saturated rings. The lowest BCUT2D eigenvalue weighted by atomic mass is 10.1. The van der Waals surface area contributed by atoms with Crippen molar-refractivity contribution in [3.8, 4) is 0 Å². The number of hydrogen-bond donors (Lipinski definition) is 1. The zero-order valence-corrected chi connectivity index (χ0v) is 8.04. The molecule has 0 aliphatic carbocycles. The average molecular weight is 194 g/mol. The summed E-state index contributed by atoms with van der Waals surface area (Å²) in [7, 11) is 0. The zero-order chi connectivity index (χ0) is 10.3. The molecule has 0 aliphatic heterocycles. The number of aliphatic hydroxyl groups is 1. The van der Waals surface area contributed by atoms with E-state index < -0.39 is 11.4 Å². The van der Waals surface area contributed by atoms with E-state index in [1.807, 2.05) is 0 Å². The van der Waals surface area contributed by atoms with Crippen molar-refractivity contribution in [2.75, 3.05) is 0 Å². The SMILES string of the molecule is CC(C)(O)c1cc2cccc(F)c2o1. The van der Waals surface area contributed by atoms with E-state index in [4.69, 9.17) is 4.42 Å². The van der Waals surface area contributed by atoms with Crippen molar-refractivity contribution >= 4 is 11.0 Å². The highest BCUT2D eigenvalue weighted by Crippen LogP contribution is 2.28. The summed E-state index contributed by atoms with van der Waals surface area (Å²) in [5.74, 6) is -0.0319. The van der Waals surface area contributed by atoms with Gasteiger partial charge in [-0.3, -0.25) is 0 Å². The fourth-order valence-electron chi connectivity index (χ4n) is 1.33. The zero-order valence-electron chi connectivity index (χ0n) is 8.04. The van der Waals surface area contributed by atoms with Crippen LogP contribution in [0.5, 0.6) is 0 Å². The lowest BCUT2D eigenvalue weighted by molar-refractivity contribution is 0.0557. The summed E-state index contributed by atoms with van der Waals surface area (Å²) < 4.78 is 18.5. The van der Waals surface area contributed by atoms with Crippen LogP contribution in [0.1, 0.15) is 19.6 Å². The Balaban J connectivity index is 2.69. The summed E-state index contributed by atoms with van der Waals surface area (Å²) in [6, 6.07) is 6.34. The van der Waals surface area contributed by atoms with Gasteiger partial charge in [-0.25, -0.2) is 4.39 Å². The largest absolute Gasteiger partial charge is 0.455 e. The molecular weight excluding hydrogens is 183 g/mol. The van der Waals surface area contributed by atoms with E-state index in [9.17, 15) is 9.50 Å². The first-order valence-electron chi connectivity index (χ1n) is 4.39. The number of hydrogen-bond acceptors (Lipinski definition) is 2. The van der Waals surface area contributed by atoms with Gasteiger partial charge >= 0.3 is 0 Å². The summed E-state index contributed by atoms with van der Waals surface area (Å²) in [6.45, 7) is 3.20. The van der Waals surface area contributed by atoms with Gasteiger partial charge in [-0.2, -0.15) is 0 Å². The van der Waals surface area contributed by atoms with Crippen LogP contribution in [0.25, 0.3) is 11.0 Å². The molecule has 0 aliphatic rings. The minimum atomic E-state index is -1.08. The van der Waals surface area contributed by atoms with Gasteiger partial charge in [0, 0.05) is 5.39 Å². The Morgan fingerprint density at radius 1 is 1.36 bits per heavy atom. The van der Waals surface area contributed by atoms with Gasteiger partial charge in [0.25, 0.3) is 0 Å². The number of fused-ring (bicyclic) bond motifs is 1. The maximum absolute atomic E-state index is 13.2. The molecule has 0 radical (unpaired) electrons. The maximum Gasteiger partial charge on any atom is 0.170 e. The Labute approximate surface area is 81.0 Å². The summed E-state index contributed by atoms with van der Waals surface area (Å²) in [5, 5.41) is 10.3. The first kappa shape index (κ1) is 9.21. The van der Waals surface area contributed by atoms with E-state index in [1.54, 1.807) is 32.0 Å². The van der Waals surface area contributed by atoms with Crippen molar-refractivity contribution in [3.63, 3.8) is 0 Å². The number of benzene rings is 1. The summed E-state index contributed by atoms with van der Waals surface area (Å²) in [6.07, 6.45) is 0. The van der Waals surface area contributed by atoms with Crippen LogP contribution >= 0.6 is 0 Å². The van der Waals surface area contributed by atoms with E-state index in [0.29, 0.717) is 11.1 Å². The van der Waals surface area contributed by atoms with Crippen LogP contribution in [0.4, 0.5) is 4.39 Å². The van der Waals surface area contributed by atoms with Crippen LogP contribution in [0, 0.1) is 5.82 Å².